The van der Waals surface area contributed by atoms with E-state index in [1.54, 1.807) is 13.8 Å². The van der Waals surface area contributed by atoms with E-state index in [0.717, 1.165) is 6.07 Å². The van der Waals surface area contributed by atoms with E-state index >= 15 is 0 Å². The third-order valence-electron chi connectivity index (χ3n) is 3.26. The molecule has 8 nitrogen and oxygen atoms in total. The van der Waals surface area contributed by atoms with Crippen molar-refractivity contribution >= 4 is 22.0 Å². The molecule has 0 saturated carbocycles. The minimum Gasteiger partial charge on any atom is -0.496 e. The van der Waals surface area contributed by atoms with Gasteiger partial charge in [-0.1, -0.05) is 0 Å². The minimum atomic E-state index is -3.96. The van der Waals surface area contributed by atoms with Gasteiger partial charge in [-0.3, -0.25) is 4.79 Å². The van der Waals surface area contributed by atoms with Crippen LogP contribution >= 0.6 is 0 Å². The molecule has 0 radical (unpaired) electrons. The first-order valence-electron chi connectivity index (χ1n) is 7.04. The van der Waals surface area contributed by atoms with Crippen LogP contribution in [0.1, 0.15) is 37.0 Å². The molecule has 0 bridgehead atoms. The van der Waals surface area contributed by atoms with E-state index in [0.29, 0.717) is 0 Å². The van der Waals surface area contributed by atoms with Crippen LogP contribution in [0.3, 0.4) is 0 Å². The summed E-state index contributed by atoms with van der Waals surface area (Å²) in [7, 11) is -1.43. The summed E-state index contributed by atoms with van der Waals surface area (Å²) in [5.74, 6) is -1.56. The summed E-state index contributed by atoms with van der Waals surface area (Å²) in [4.78, 5) is 22.3. The number of rotatable bonds is 8. The van der Waals surface area contributed by atoms with Gasteiger partial charge in [0.1, 0.15) is 11.3 Å². The Kier molecular flexibility index (Phi) is 6.33. The van der Waals surface area contributed by atoms with Crippen molar-refractivity contribution in [2.24, 2.45) is 0 Å². The van der Waals surface area contributed by atoms with E-state index in [2.05, 4.69) is 9.46 Å². The molecule has 2 N–H and O–H groups in total. The fourth-order valence-electron chi connectivity index (χ4n) is 2.02. The van der Waals surface area contributed by atoms with Crippen molar-refractivity contribution < 1.29 is 32.6 Å². The molecular weight excluding hydrogens is 338 g/mol. The van der Waals surface area contributed by atoms with Crippen LogP contribution in [0.4, 0.5) is 0 Å². The van der Waals surface area contributed by atoms with Gasteiger partial charge >= 0.3 is 11.9 Å². The Labute approximate surface area is 140 Å². The second kappa shape index (κ2) is 7.63. The maximum atomic E-state index is 12.5. The normalized spacial score (nSPS) is 11.8. The van der Waals surface area contributed by atoms with Crippen LogP contribution in [-0.2, 0) is 19.6 Å². The molecule has 0 amide bonds. The molecule has 134 valence electrons. The monoisotopic (exact) mass is 359 g/mol. The molecule has 1 aromatic carbocycles. The van der Waals surface area contributed by atoms with Gasteiger partial charge in [-0.15, -0.1) is 0 Å². The van der Waals surface area contributed by atoms with Gasteiger partial charge in [0.05, 0.1) is 19.1 Å². The topological polar surface area (TPSA) is 119 Å². The van der Waals surface area contributed by atoms with Crippen LogP contribution in [-0.4, -0.2) is 45.2 Å². The number of nitrogens with one attached hydrogen (secondary N) is 1. The Bertz CT molecular complexity index is 725. The highest BCUT2D eigenvalue weighted by Gasteiger charge is 2.28. The van der Waals surface area contributed by atoms with Crippen LogP contribution in [0.15, 0.2) is 23.1 Å². The summed E-state index contributed by atoms with van der Waals surface area (Å²) in [6, 6.07) is 3.80. The van der Waals surface area contributed by atoms with Crippen molar-refractivity contribution in [1.82, 2.24) is 4.72 Å². The van der Waals surface area contributed by atoms with E-state index in [-0.39, 0.29) is 29.1 Å². The summed E-state index contributed by atoms with van der Waals surface area (Å²) in [5.41, 5.74) is -0.992. The zero-order chi connectivity index (χ0) is 18.5. The number of carbonyl (C=O) groups is 2. The molecule has 0 fully saturated rings. The fraction of sp³-hybridized carbons (Fsp3) is 0.467. The Morgan fingerprint density at radius 1 is 1.25 bits per heavy atom. The van der Waals surface area contributed by atoms with Gasteiger partial charge in [-0.05, 0) is 38.5 Å². The van der Waals surface area contributed by atoms with E-state index in [1.807, 2.05) is 0 Å². The lowest BCUT2D eigenvalue weighted by molar-refractivity contribution is -0.137. The second-order valence-corrected chi connectivity index (χ2v) is 7.42. The Balaban J connectivity index is 3.14. The number of sulfonamides is 1. The molecule has 0 heterocycles. The molecule has 0 spiro atoms. The van der Waals surface area contributed by atoms with Crippen molar-refractivity contribution in [3.8, 4) is 5.75 Å². The molecule has 0 aromatic heterocycles. The number of carboxylic acids is 1. The summed E-state index contributed by atoms with van der Waals surface area (Å²) in [6.45, 7) is 3.16. The van der Waals surface area contributed by atoms with E-state index < -0.39 is 27.5 Å². The van der Waals surface area contributed by atoms with Crippen LogP contribution in [0.25, 0.3) is 0 Å². The highest BCUT2D eigenvalue weighted by atomic mass is 32.2. The molecule has 0 unspecified atom stereocenters. The van der Waals surface area contributed by atoms with Crippen molar-refractivity contribution in [3.05, 3.63) is 23.8 Å². The van der Waals surface area contributed by atoms with Gasteiger partial charge in [0.15, 0.2) is 0 Å². The largest absolute Gasteiger partial charge is 0.496 e. The lowest BCUT2D eigenvalue weighted by atomic mass is 10.0. The first kappa shape index (κ1) is 19.9. The van der Waals surface area contributed by atoms with Crippen LogP contribution in [0, 0.1) is 0 Å². The number of aliphatic carboxylic acids is 1. The third-order valence-corrected chi connectivity index (χ3v) is 4.96. The van der Waals surface area contributed by atoms with Crippen molar-refractivity contribution in [2.75, 3.05) is 14.2 Å². The van der Waals surface area contributed by atoms with Crippen LogP contribution < -0.4 is 9.46 Å². The summed E-state index contributed by atoms with van der Waals surface area (Å²) in [6.07, 6.45) is -0.0624. The summed E-state index contributed by atoms with van der Waals surface area (Å²) >= 11 is 0. The summed E-state index contributed by atoms with van der Waals surface area (Å²) < 4.78 is 37.1. The molecule has 24 heavy (non-hydrogen) atoms. The number of esters is 1. The number of methoxy groups -OCH3 is 2. The predicted octanol–water partition coefficient (Wildman–Crippen LogP) is 1.40. The van der Waals surface area contributed by atoms with E-state index in [9.17, 15) is 18.0 Å². The molecule has 9 heteroatoms. The van der Waals surface area contributed by atoms with E-state index in [4.69, 9.17) is 9.84 Å². The van der Waals surface area contributed by atoms with Gasteiger partial charge in [-0.25, -0.2) is 17.9 Å². The van der Waals surface area contributed by atoms with E-state index in [1.165, 1.54) is 26.4 Å². The smallest absolute Gasteiger partial charge is 0.341 e. The van der Waals surface area contributed by atoms with Gasteiger partial charge in [0.2, 0.25) is 10.0 Å². The molecule has 1 rings (SSSR count). The van der Waals surface area contributed by atoms with Gasteiger partial charge in [0.25, 0.3) is 0 Å². The van der Waals surface area contributed by atoms with Crippen LogP contribution in [0.5, 0.6) is 5.75 Å². The molecule has 0 aliphatic rings. The maximum absolute atomic E-state index is 12.5. The number of carboxylic acid groups (broad SMARTS) is 1. The molecule has 0 atom stereocenters. The average Bonchev–Trinajstić information content (AvgIpc) is 2.50. The highest BCUT2D eigenvalue weighted by Crippen LogP contribution is 2.24. The maximum Gasteiger partial charge on any atom is 0.341 e. The Hall–Kier alpha value is -2.13. The van der Waals surface area contributed by atoms with Gasteiger partial charge in [-0.2, -0.15) is 0 Å². The summed E-state index contributed by atoms with van der Waals surface area (Å²) in [5, 5.41) is 8.73. The standard InChI is InChI=1S/C15H21NO7S/c1-15(2,8-7-13(17)18)16-24(20,21)10-5-6-12(22-3)11(9-10)14(19)23-4/h5-6,9,16H,7-8H2,1-4H3,(H,17,18). The molecule has 0 aliphatic heterocycles. The first-order chi connectivity index (χ1) is 11.0. The van der Waals surface area contributed by atoms with Gasteiger partial charge in [0, 0.05) is 12.0 Å². The average molecular weight is 359 g/mol. The number of hydrogen-bond donors (Lipinski definition) is 2. The number of carbonyl (C=O) groups excluding carboxylic acids is 1. The van der Waals surface area contributed by atoms with Crippen LogP contribution in [0.2, 0.25) is 0 Å². The molecule has 1 aromatic rings. The lowest BCUT2D eigenvalue weighted by Crippen LogP contribution is -2.43. The Morgan fingerprint density at radius 2 is 1.88 bits per heavy atom. The molecular formula is C15H21NO7S. The molecule has 0 aliphatic carbocycles. The quantitative estimate of drug-likeness (QED) is 0.673. The number of benzene rings is 1. The van der Waals surface area contributed by atoms with Crippen molar-refractivity contribution in [3.63, 3.8) is 0 Å². The SMILES string of the molecule is COC(=O)c1cc(S(=O)(=O)NC(C)(C)CCC(=O)O)ccc1OC. The lowest BCUT2D eigenvalue weighted by Gasteiger charge is -2.25. The highest BCUT2D eigenvalue weighted by molar-refractivity contribution is 7.89. The minimum absolute atomic E-state index is 0.0220. The first-order valence-corrected chi connectivity index (χ1v) is 8.53. The molecule has 0 saturated heterocycles. The van der Waals surface area contributed by atoms with Gasteiger partial charge < -0.3 is 14.6 Å². The predicted molar refractivity (Wildman–Crippen MR) is 85.6 cm³/mol. The third kappa shape index (κ3) is 5.20. The number of ether oxygens (including phenoxy) is 2. The Morgan fingerprint density at radius 3 is 2.38 bits per heavy atom. The zero-order valence-electron chi connectivity index (χ0n) is 14.0. The zero-order valence-corrected chi connectivity index (χ0v) is 14.8. The second-order valence-electron chi connectivity index (χ2n) is 5.74. The number of hydrogen-bond acceptors (Lipinski definition) is 6. The van der Waals surface area contributed by atoms with Crippen molar-refractivity contribution in [2.45, 2.75) is 37.1 Å². The fourth-order valence-corrected chi connectivity index (χ4v) is 3.48. The van der Waals surface area contributed by atoms with Crippen molar-refractivity contribution in [1.29, 1.82) is 0 Å².